The molecule has 11 nitrogen and oxygen atoms in total. The number of ether oxygens (including phenoxy) is 1. The number of rotatable bonds is 8. The van der Waals surface area contributed by atoms with E-state index in [1.807, 2.05) is 37.4 Å². The van der Waals surface area contributed by atoms with Crippen molar-refractivity contribution < 1.29 is 14.2 Å². The highest BCUT2D eigenvalue weighted by Gasteiger charge is 2.25. The molecule has 12 heteroatoms. The van der Waals surface area contributed by atoms with Crippen LogP contribution in [-0.4, -0.2) is 50.3 Å². The van der Waals surface area contributed by atoms with Crippen molar-refractivity contribution >= 4 is 29.7 Å². The lowest BCUT2D eigenvalue weighted by Gasteiger charge is -2.08. The molecular formula is C21H20N8O3S. The standard InChI is InChI=1S/C21H20N8O3S/c1-3-31-15-6-4-5-14(11-15)18-17(24-28-29(18)20-19(22)26-32-27-20)21(30)25-23-12-13-7-9-16(33-2)10-8-13/h4-12H,3H2,1-2H3,(H2,22,26)(H,25,30)/b23-12+. The fourth-order valence-corrected chi connectivity index (χ4v) is 3.40. The lowest BCUT2D eigenvalue weighted by atomic mass is 10.1. The zero-order chi connectivity index (χ0) is 23.2. The lowest BCUT2D eigenvalue weighted by Crippen LogP contribution is -2.19. The molecule has 0 aliphatic rings. The molecule has 2 aromatic carbocycles. The Morgan fingerprint density at radius 3 is 2.79 bits per heavy atom. The lowest BCUT2D eigenvalue weighted by molar-refractivity contribution is 0.0950. The average molecular weight is 465 g/mol. The van der Waals surface area contributed by atoms with Gasteiger partial charge in [-0.1, -0.05) is 29.5 Å². The Morgan fingerprint density at radius 1 is 1.27 bits per heavy atom. The maximum Gasteiger partial charge on any atom is 0.294 e. The van der Waals surface area contributed by atoms with Gasteiger partial charge in [-0.25, -0.2) is 10.1 Å². The fraction of sp³-hybridized carbons (Fsp3) is 0.143. The van der Waals surface area contributed by atoms with Crippen LogP contribution in [0.2, 0.25) is 0 Å². The topological polar surface area (TPSA) is 146 Å². The number of amides is 1. The van der Waals surface area contributed by atoms with Gasteiger partial charge in [-0.2, -0.15) is 9.78 Å². The summed E-state index contributed by atoms with van der Waals surface area (Å²) in [4.78, 5) is 14.1. The minimum absolute atomic E-state index is 0.000723. The second kappa shape index (κ2) is 9.96. The molecule has 4 rings (SSSR count). The van der Waals surface area contributed by atoms with E-state index in [0.29, 0.717) is 23.6 Å². The van der Waals surface area contributed by atoms with Gasteiger partial charge in [0.25, 0.3) is 5.91 Å². The Balaban J connectivity index is 1.66. The summed E-state index contributed by atoms with van der Waals surface area (Å²) in [6, 6.07) is 14.9. The van der Waals surface area contributed by atoms with Crippen molar-refractivity contribution in [2.75, 3.05) is 18.6 Å². The highest BCUT2D eigenvalue weighted by atomic mass is 32.2. The van der Waals surface area contributed by atoms with Gasteiger partial charge in [0.15, 0.2) is 5.69 Å². The van der Waals surface area contributed by atoms with Crippen LogP contribution in [0.1, 0.15) is 23.0 Å². The van der Waals surface area contributed by atoms with Gasteiger partial charge in [-0.05, 0) is 53.3 Å². The molecular weight excluding hydrogens is 444 g/mol. The summed E-state index contributed by atoms with van der Waals surface area (Å²) in [5.41, 5.74) is 10.1. The van der Waals surface area contributed by atoms with E-state index in [2.05, 4.69) is 35.8 Å². The van der Waals surface area contributed by atoms with E-state index in [9.17, 15) is 4.79 Å². The maximum absolute atomic E-state index is 12.9. The number of hydrogen-bond donors (Lipinski definition) is 2. The molecule has 0 aliphatic heterocycles. The third-order valence-electron chi connectivity index (χ3n) is 4.50. The smallest absolute Gasteiger partial charge is 0.294 e. The summed E-state index contributed by atoms with van der Waals surface area (Å²) in [6.07, 6.45) is 3.54. The second-order valence-corrected chi connectivity index (χ2v) is 7.48. The minimum Gasteiger partial charge on any atom is -0.494 e. The van der Waals surface area contributed by atoms with Crippen molar-refractivity contribution in [2.45, 2.75) is 11.8 Å². The number of hydrogen-bond acceptors (Lipinski definition) is 10. The van der Waals surface area contributed by atoms with E-state index in [-0.39, 0.29) is 17.3 Å². The number of carbonyl (C=O) groups is 1. The molecule has 0 bridgehead atoms. The van der Waals surface area contributed by atoms with Crippen LogP contribution in [0.25, 0.3) is 17.1 Å². The number of carbonyl (C=O) groups excluding carboxylic acids is 1. The van der Waals surface area contributed by atoms with Crippen molar-refractivity contribution in [3.05, 3.63) is 59.8 Å². The van der Waals surface area contributed by atoms with Crippen LogP contribution in [-0.2, 0) is 0 Å². The average Bonchev–Trinajstić information content (AvgIpc) is 3.46. The van der Waals surface area contributed by atoms with Gasteiger partial charge < -0.3 is 10.5 Å². The van der Waals surface area contributed by atoms with E-state index < -0.39 is 5.91 Å². The Morgan fingerprint density at radius 2 is 2.09 bits per heavy atom. The van der Waals surface area contributed by atoms with Crippen molar-refractivity contribution in [1.82, 2.24) is 30.7 Å². The van der Waals surface area contributed by atoms with E-state index in [1.54, 1.807) is 42.2 Å². The number of aromatic nitrogens is 5. The van der Waals surface area contributed by atoms with Gasteiger partial charge >= 0.3 is 0 Å². The number of anilines is 1. The molecule has 4 aromatic rings. The summed E-state index contributed by atoms with van der Waals surface area (Å²) in [5, 5.41) is 19.5. The summed E-state index contributed by atoms with van der Waals surface area (Å²) < 4.78 is 11.6. The molecule has 0 spiro atoms. The predicted molar refractivity (Wildman–Crippen MR) is 124 cm³/mol. The molecule has 0 saturated heterocycles. The molecule has 0 saturated carbocycles. The first-order valence-corrected chi connectivity index (χ1v) is 11.1. The molecule has 0 fully saturated rings. The van der Waals surface area contributed by atoms with E-state index in [0.717, 1.165) is 10.5 Å². The number of nitrogens with two attached hydrogens (primary N) is 1. The molecule has 168 valence electrons. The highest BCUT2D eigenvalue weighted by molar-refractivity contribution is 7.98. The monoisotopic (exact) mass is 464 g/mol. The normalized spacial score (nSPS) is 11.1. The van der Waals surface area contributed by atoms with Crippen LogP contribution in [0.4, 0.5) is 5.82 Å². The van der Waals surface area contributed by atoms with Gasteiger partial charge in [-0.15, -0.1) is 16.9 Å². The minimum atomic E-state index is -0.565. The van der Waals surface area contributed by atoms with Crippen LogP contribution in [0.3, 0.4) is 0 Å². The Labute approximate surface area is 193 Å². The summed E-state index contributed by atoms with van der Waals surface area (Å²) in [5.74, 6) is 0.161. The Kier molecular flexibility index (Phi) is 6.64. The van der Waals surface area contributed by atoms with Gasteiger partial charge in [0.05, 0.1) is 12.8 Å². The second-order valence-electron chi connectivity index (χ2n) is 6.60. The maximum atomic E-state index is 12.9. The van der Waals surface area contributed by atoms with E-state index >= 15 is 0 Å². The van der Waals surface area contributed by atoms with Crippen molar-refractivity contribution in [1.29, 1.82) is 0 Å². The Bertz CT molecular complexity index is 1280. The number of nitrogens with one attached hydrogen (secondary N) is 1. The molecule has 0 unspecified atom stereocenters. The summed E-state index contributed by atoms with van der Waals surface area (Å²) in [6.45, 7) is 2.37. The van der Waals surface area contributed by atoms with Gasteiger partial charge in [0.2, 0.25) is 11.6 Å². The molecule has 0 radical (unpaired) electrons. The van der Waals surface area contributed by atoms with Crippen LogP contribution in [0.15, 0.2) is 63.2 Å². The number of nitrogen functional groups attached to an aromatic ring is 1. The van der Waals surface area contributed by atoms with Gasteiger partial charge in [-0.3, -0.25) is 4.79 Å². The number of hydrazone groups is 1. The quantitative estimate of drug-likeness (QED) is 0.228. The molecule has 3 N–H and O–H groups in total. The molecule has 1 amide bonds. The van der Waals surface area contributed by atoms with E-state index in [4.69, 9.17) is 10.5 Å². The first kappa shape index (κ1) is 22.0. The van der Waals surface area contributed by atoms with E-state index in [1.165, 1.54) is 4.68 Å². The predicted octanol–water partition coefficient (Wildman–Crippen LogP) is 2.78. The SMILES string of the molecule is CCOc1cccc(-c2c(C(=O)N/N=C/c3ccc(SC)cc3)nnn2-c2nonc2N)c1. The Hall–Kier alpha value is -4.19. The zero-order valence-electron chi connectivity index (χ0n) is 17.8. The van der Waals surface area contributed by atoms with Crippen LogP contribution in [0, 0.1) is 0 Å². The third kappa shape index (κ3) is 4.85. The van der Waals surface area contributed by atoms with Gasteiger partial charge in [0, 0.05) is 10.5 Å². The third-order valence-corrected chi connectivity index (χ3v) is 5.24. The number of thioether (sulfide) groups is 1. The number of benzene rings is 2. The van der Waals surface area contributed by atoms with Crippen LogP contribution >= 0.6 is 11.8 Å². The number of nitrogens with zero attached hydrogens (tertiary/aromatic N) is 6. The fourth-order valence-electron chi connectivity index (χ4n) is 2.99. The molecule has 33 heavy (non-hydrogen) atoms. The van der Waals surface area contributed by atoms with Crippen molar-refractivity contribution in [3.63, 3.8) is 0 Å². The van der Waals surface area contributed by atoms with Crippen molar-refractivity contribution in [3.8, 4) is 22.8 Å². The molecule has 2 heterocycles. The first-order valence-electron chi connectivity index (χ1n) is 9.85. The van der Waals surface area contributed by atoms with Crippen LogP contribution < -0.4 is 15.9 Å². The van der Waals surface area contributed by atoms with Crippen molar-refractivity contribution in [2.24, 2.45) is 5.10 Å². The molecule has 2 aromatic heterocycles. The zero-order valence-corrected chi connectivity index (χ0v) is 18.6. The summed E-state index contributed by atoms with van der Waals surface area (Å²) in [7, 11) is 0. The van der Waals surface area contributed by atoms with Gasteiger partial charge in [0.1, 0.15) is 11.4 Å². The van der Waals surface area contributed by atoms with Crippen LogP contribution in [0.5, 0.6) is 5.75 Å². The molecule has 0 atom stereocenters. The highest BCUT2D eigenvalue weighted by Crippen LogP contribution is 2.29. The molecule has 0 aliphatic carbocycles. The first-order chi connectivity index (χ1) is 16.1. The largest absolute Gasteiger partial charge is 0.494 e. The summed E-state index contributed by atoms with van der Waals surface area (Å²) >= 11 is 1.64.